The number of rotatable bonds is 5. The Morgan fingerprint density at radius 3 is 2.77 bits per heavy atom. The molecule has 0 bridgehead atoms. The lowest BCUT2D eigenvalue weighted by Gasteiger charge is -2.26. The first-order valence-corrected chi connectivity index (χ1v) is 13.1. The lowest BCUT2D eigenvalue weighted by molar-refractivity contribution is -0.129. The van der Waals surface area contributed by atoms with Crippen LogP contribution in [0.5, 0.6) is 0 Å². The number of carbonyl (C=O) groups is 1. The van der Waals surface area contributed by atoms with Crippen LogP contribution in [0.2, 0.25) is 0 Å². The molecule has 162 valence electrons. The Morgan fingerprint density at radius 2 is 1.97 bits per heavy atom. The van der Waals surface area contributed by atoms with Crippen molar-refractivity contribution >= 4 is 39.2 Å². The van der Waals surface area contributed by atoms with Gasteiger partial charge in [-0.15, -0.1) is 11.3 Å². The molecule has 2 saturated heterocycles. The van der Waals surface area contributed by atoms with Crippen LogP contribution in [-0.4, -0.2) is 51.9 Å². The normalized spacial score (nSPS) is 21.9. The molecule has 2 aromatic heterocycles. The maximum absolute atomic E-state index is 13.6. The van der Waals surface area contributed by atoms with Gasteiger partial charge in [0, 0.05) is 24.6 Å². The van der Waals surface area contributed by atoms with Crippen LogP contribution in [-0.2, 0) is 28.9 Å². The fraction of sp³-hybridized carbons (Fsp3) is 0.682. The molecule has 2 aromatic rings. The molecular formula is C22H29N3O3S2. The second-order valence-corrected chi connectivity index (χ2v) is 10.6. The Balaban J connectivity index is 1.46. The Hall–Kier alpha value is -1.38. The van der Waals surface area contributed by atoms with Gasteiger partial charge in [0.2, 0.25) is 5.91 Å². The Labute approximate surface area is 185 Å². The number of aryl methyl sites for hydroxylation is 2. The van der Waals surface area contributed by atoms with Gasteiger partial charge in [-0.1, -0.05) is 11.8 Å². The maximum atomic E-state index is 13.6. The van der Waals surface area contributed by atoms with E-state index >= 15 is 0 Å². The molecule has 4 heterocycles. The topological polar surface area (TPSA) is 64.4 Å². The van der Waals surface area contributed by atoms with Crippen molar-refractivity contribution in [1.29, 1.82) is 0 Å². The van der Waals surface area contributed by atoms with E-state index in [0.29, 0.717) is 17.5 Å². The highest BCUT2D eigenvalue weighted by molar-refractivity contribution is 7.99. The van der Waals surface area contributed by atoms with Crippen molar-refractivity contribution in [1.82, 2.24) is 14.5 Å². The summed E-state index contributed by atoms with van der Waals surface area (Å²) in [5.41, 5.74) is 1.28. The van der Waals surface area contributed by atoms with Gasteiger partial charge < -0.3 is 9.64 Å². The molecule has 0 N–H and O–H groups in total. The van der Waals surface area contributed by atoms with Crippen LogP contribution in [0.3, 0.4) is 0 Å². The Kier molecular flexibility index (Phi) is 6.16. The molecule has 0 aromatic carbocycles. The number of amides is 1. The number of piperidine rings is 1. The van der Waals surface area contributed by atoms with E-state index in [1.54, 1.807) is 15.9 Å². The van der Waals surface area contributed by atoms with Gasteiger partial charge in [-0.2, -0.15) is 0 Å². The zero-order chi connectivity index (χ0) is 20.5. The number of thioether (sulfide) groups is 1. The molecule has 1 atom stereocenters. The number of nitrogens with zero attached hydrogens (tertiary/aromatic N) is 3. The standard InChI is InChI=1S/C22H29N3O3S2/c26-18(24-10-4-1-5-11-24)14-29-22-23-20-19(16-8-2-3-9-17(16)30-20)21(27)25(22)13-15-7-6-12-28-15/h15H,1-14H2. The number of hydrogen-bond donors (Lipinski definition) is 0. The average Bonchev–Trinajstić information content (AvgIpc) is 3.42. The summed E-state index contributed by atoms with van der Waals surface area (Å²) >= 11 is 3.10. The Bertz CT molecular complexity index is 988. The minimum atomic E-state index is 0.0582. The molecule has 5 rings (SSSR count). The number of ether oxygens (including phenoxy) is 1. The number of likely N-dealkylation sites (tertiary alicyclic amines) is 1. The zero-order valence-electron chi connectivity index (χ0n) is 17.4. The van der Waals surface area contributed by atoms with Crippen LogP contribution in [0, 0.1) is 0 Å². The van der Waals surface area contributed by atoms with Crippen LogP contribution in [0.25, 0.3) is 10.2 Å². The van der Waals surface area contributed by atoms with Gasteiger partial charge in [0.1, 0.15) is 4.83 Å². The molecule has 1 amide bonds. The van der Waals surface area contributed by atoms with E-state index in [0.717, 1.165) is 74.9 Å². The second-order valence-electron chi connectivity index (χ2n) is 8.57. The van der Waals surface area contributed by atoms with Crippen molar-refractivity contribution in [3.63, 3.8) is 0 Å². The first kappa shape index (κ1) is 20.5. The van der Waals surface area contributed by atoms with Crippen molar-refractivity contribution in [3.8, 4) is 0 Å². The van der Waals surface area contributed by atoms with E-state index in [-0.39, 0.29) is 17.6 Å². The van der Waals surface area contributed by atoms with E-state index < -0.39 is 0 Å². The van der Waals surface area contributed by atoms with Gasteiger partial charge in [-0.05, 0) is 63.4 Å². The highest BCUT2D eigenvalue weighted by Gasteiger charge is 2.25. The van der Waals surface area contributed by atoms with E-state index in [1.807, 2.05) is 4.90 Å². The number of aromatic nitrogens is 2. The molecule has 0 spiro atoms. The maximum Gasteiger partial charge on any atom is 0.263 e. The molecule has 8 heteroatoms. The van der Waals surface area contributed by atoms with Gasteiger partial charge in [0.05, 0.1) is 23.8 Å². The SMILES string of the molecule is O=C(CSc1nc2sc3c(c2c(=O)n1CC1CCCO1)CCCC3)N1CCCCC1. The summed E-state index contributed by atoms with van der Waals surface area (Å²) in [6, 6.07) is 0. The summed E-state index contributed by atoms with van der Waals surface area (Å²) in [6.07, 6.45) is 9.83. The number of hydrogen-bond acceptors (Lipinski definition) is 6. The molecule has 1 aliphatic carbocycles. The summed E-state index contributed by atoms with van der Waals surface area (Å²) in [5.74, 6) is 0.498. The molecule has 0 radical (unpaired) electrons. The van der Waals surface area contributed by atoms with Crippen LogP contribution < -0.4 is 5.56 Å². The van der Waals surface area contributed by atoms with Crippen molar-refractivity contribution in [3.05, 3.63) is 20.8 Å². The third kappa shape index (κ3) is 4.06. The van der Waals surface area contributed by atoms with Crippen LogP contribution >= 0.6 is 23.1 Å². The van der Waals surface area contributed by atoms with E-state index in [2.05, 4.69) is 0 Å². The fourth-order valence-corrected chi connectivity index (χ4v) is 7.06. The van der Waals surface area contributed by atoms with Gasteiger partial charge in [-0.25, -0.2) is 4.98 Å². The predicted octanol–water partition coefficient (Wildman–Crippen LogP) is 3.62. The Morgan fingerprint density at radius 1 is 1.13 bits per heavy atom. The number of fused-ring (bicyclic) bond motifs is 3. The molecule has 0 saturated carbocycles. The largest absolute Gasteiger partial charge is 0.376 e. The van der Waals surface area contributed by atoms with Crippen molar-refractivity contribution in [2.75, 3.05) is 25.4 Å². The minimum Gasteiger partial charge on any atom is -0.376 e. The first-order valence-electron chi connectivity index (χ1n) is 11.3. The quantitative estimate of drug-likeness (QED) is 0.517. The fourth-order valence-electron chi connectivity index (χ4n) is 4.84. The van der Waals surface area contributed by atoms with E-state index in [1.165, 1.54) is 35.0 Å². The second kappa shape index (κ2) is 9.01. The van der Waals surface area contributed by atoms with Crippen molar-refractivity contribution in [2.24, 2.45) is 0 Å². The third-order valence-electron chi connectivity index (χ3n) is 6.48. The number of carbonyl (C=O) groups excluding carboxylic acids is 1. The summed E-state index contributed by atoms with van der Waals surface area (Å²) in [7, 11) is 0. The highest BCUT2D eigenvalue weighted by atomic mass is 32.2. The summed E-state index contributed by atoms with van der Waals surface area (Å²) in [4.78, 5) is 35.3. The van der Waals surface area contributed by atoms with Crippen molar-refractivity contribution in [2.45, 2.75) is 75.6 Å². The van der Waals surface area contributed by atoms with Gasteiger partial charge in [0.15, 0.2) is 5.16 Å². The third-order valence-corrected chi connectivity index (χ3v) is 8.63. The first-order chi connectivity index (χ1) is 14.7. The molecular weight excluding hydrogens is 418 g/mol. The molecule has 6 nitrogen and oxygen atoms in total. The summed E-state index contributed by atoms with van der Waals surface area (Å²) < 4.78 is 7.62. The average molecular weight is 448 g/mol. The molecule has 2 aliphatic heterocycles. The number of thiophene rings is 1. The van der Waals surface area contributed by atoms with Crippen LogP contribution in [0.15, 0.2) is 9.95 Å². The molecule has 3 aliphatic rings. The van der Waals surface area contributed by atoms with Crippen LogP contribution in [0.4, 0.5) is 0 Å². The van der Waals surface area contributed by atoms with Gasteiger partial charge in [0.25, 0.3) is 5.56 Å². The lowest BCUT2D eigenvalue weighted by atomic mass is 9.97. The predicted molar refractivity (Wildman–Crippen MR) is 121 cm³/mol. The smallest absolute Gasteiger partial charge is 0.263 e. The van der Waals surface area contributed by atoms with Crippen LogP contribution in [0.1, 0.15) is 55.4 Å². The summed E-state index contributed by atoms with van der Waals surface area (Å²) in [6.45, 7) is 3.00. The molecule has 2 fully saturated rings. The highest BCUT2D eigenvalue weighted by Crippen LogP contribution is 2.35. The van der Waals surface area contributed by atoms with E-state index in [4.69, 9.17) is 9.72 Å². The lowest BCUT2D eigenvalue weighted by Crippen LogP contribution is -2.37. The molecule has 1 unspecified atom stereocenters. The minimum absolute atomic E-state index is 0.0582. The summed E-state index contributed by atoms with van der Waals surface area (Å²) in [5, 5.41) is 1.49. The monoisotopic (exact) mass is 447 g/mol. The van der Waals surface area contributed by atoms with Crippen molar-refractivity contribution < 1.29 is 9.53 Å². The van der Waals surface area contributed by atoms with Gasteiger partial charge in [-0.3, -0.25) is 14.2 Å². The van der Waals surface area contributed by atoms with Gasteiger partial charge >= 0.3 is 0 Å². The van der Waals surface area contributed by atoms with E-state index in [9.17, 15) is 9.59 Å². The molecule has 30 heavy (non-hydrogen) atoms. The zero-order valence-corrected chi connectivity index (χ0v) is 19.0.